The van der Waals surface area contributed by atoms with Crippen molar-refractivity contribution in [3.63, 3.8) is 0 Å². The molecule has 0 aliphatic carbocycles. The minimum absolute atomic E-state index is 0.0485. The average Bonchev–Trinajstić information content (AvgIpc) is 2.89. The van der Waals surface area contributed by atoms with Crippen LogP contribution in [0, 0.1) is 5.82 Å². The lowest BCUT2D eigenvalue weighted by atomic mass is 10.0. The Hall–Kier alpha value is -0.630. The quantitative estimate of drug-likeness (QED) is 0.816. The summed E-state index contributed by atoms with van der Waals surface area (Å²) in [6.07, 6.45) is 3.51. The Morgan fingerprint density at radius 3 is 2.75 bits per heavy atom. The molecule has 0 fully saturated rings. The van der Waals surface area contributed by atoms with Crippen LogP contribution >= 0.6 is 34.9 Å². The van der Waals surface area contributed by atoms with E-state index in [4.69, 9.17) is 5.73 Å². The van der Waals surface area contributed by atoms with Gasteiger partial charge in [-0.2, -0.15) is 0 Å². The van der Waals surface area contributed by atoms with E-state index in [9.17, 15) is 4.39 Å². The predicted octanol–water partition coefficient (Wildman–Crippen LogP) is 3.83. The lowest BCUT2D eigenvalue weighted by Crippen LogP contribution is -2.21. The van der Waals surface area contributed by atoms with E-state index in [1.165, 1.54) is 17.8 Å². The zero-order chi connectivity index (χ0) is 14.5. The third-order valence-electron chi connectivity index (χ3n) is 2.79. The first-order valence-electron chi connectivity index (χ1n) is 6.21. The van der Waals surface area contributed by atoms with E-state index in [1.54, 1.807) is 35.2 Å². The van der Waals surface area contributed by atoms with Crippen LogP contribution in [0.2, 0.25) is 0 Å². The molecule has 1 heterocycles. The molecule has 108 valence electrons. The molecule has 3 nitrogen and oxygen atoms in total. The van der Waals surface area contributed by atoms with Crippen molar-refractivity contribution in [1.29, 1.82) is 0 Å². The maximum atomic E-state index is 13.4. The number of thioether (sulfide) groups is 1. The van der Waals surface area contributed by atoms with E-state index in [0.717, 1.165) is 25.6 Å². The van der Waals surface area contributed by atoms with Crippen molar-refractivity contribution in [2.45, 2.75) is 39.4 Å². The van der Waals surface area contributed by atoms with E-state index in [0.29, 0.717) is 6.42 Å². The second-order valence-corrected chi connectivity index (χ2v) is 7.58. The molecule has 7 heteroatoms. The molecular formula is C13H16FN3S3. The van der Waals surface area contributed by atoms with Gasteiger partial charge in [-0.05, 0) is 42.9 Å². The Morgan fingerprint density at radius 2 is 2.10 bits per heavy atom. The van der Waals surface area contributed by atoms with Gasteiger partial charge in [0.15, 0.2) is 8.68 Å². The van der Waals surface area contributed by atoms with Gasteiger partial charge in [0.25, 0.3) is 0 Å². The number of nitrogens with zero attached hydrogens (tertiary/aromatic N) is 2. The third-order valence-corrected chi connectivity index (χ3v) is 5.86. The van der Waals surface area contributed by atoms with E-state index in [2.05, 4.69) is 10.2 Å². The molecule has 0 saturated heterocycles. The van der Waals surface area contributed by atoms with Gasteiger partial charge in [0.05, 0.1) is 0 Å². The zero-order valence-electron chi connectivity index (χ0n) is 11.3. The summed E-state index contributed by atoms with van der Waals surface area (Å²) in [5.41, 5.74) is 6.92. The van der Waals surface area contributed by atoms with Gasteiger partial charge in [-0.1, -0.05) is 41.8 Å². The highest BCUT2D eigenvalue weighted by Crippen LogP contribution is 2.35. The highest BCUT2D eigenvalue weighted by atomic mass is 32.2. The molecule has 1 aromatic heterocycles. The highest BCUT2D eigenvalue weighted by Gasteiger charge is 2.12. The first kappa shape index (κ1) is 15.8. The SMILES string of the molecule is CCC(N)Cc1cc(F)ccc1Sc1nnc(SC)s1. The molecule has 1 unspecified atom stereocenters. The molecule has 2 N–H and O–H groups in total. The van der Waals surface area contributed by atoms with Crippen molar-refractivity contribution in [2.75, 3.05) is 6.26 Å². The van der Waals surface area contributed by atoms with Crippen LogP contribution in [0.3, 0.4) is 0 Å². The summed E-state index contributed by atoms with van der Waals surface area (Å²) in [5.74, 6) is -0.227. The molecule has 0 aliphatic rings. The van der Waals surface area contributed by atoms with Gasteiger partial charge in [0, 0.05) is 10.9 Å². The summed E-state index contributed by atoms with van der Waals surface area (Å²) < 4.78 is 15.2. The van der Waals surface area contributed by atoms with Crippen molar-refractivity contribution < 1.29 is 4.39 Å². The monoisotopic (exact) mass is 329 g/mol. The largest absolute Gasteiger partial charge is 0.327 e. The van der Waals surface area contributed by atoms with Crippen molar-refractivity contribution in [2.24, 2.45) is 5.73 Å². The second-order valence-electron chi connectivity index (χ2n) is 4.26. The van der Waals surface area contributed by atoms with E-state index >= 15 is 0 Å². The van der Waals surface area contributed by atoms with Crippen LogP contribution in [0.1, 0.15) is 18.9 Å². The number of benzene rings is 1. The Balaban J connectivity index is 2.21. The number of halogens is 1. The number of hydrogen-bond donors (Lipinski definition) is 1. The Bertz CT molecular complexity index is 574. The fraction of sp³-hybridized carbons (Fsp3) is 0.385. The van der Waals surface area contributed by atoms with Gasteiger partial charge in [0.1, 0.15) is 5.82 Å². The molecule has 20 heavy (non-hydrogen) atoms. The van der Waals surface area contributed by atoms with Gasteiger partial charge in [-0.25, -0.2) is 4.39 Å². The molecule has 0 radical (unpaired) electrons. The molecule has 1 aromatic carbocycles. The Kier molecular flexibility index (Phi) is 5.83. The van der Waals surface area contributed by atoms with E-state index < -0.39 is 0 Å². The van der Waals surface area contributed by atoms with Crippen LogP contribution in [0.25, 0.3) is 0 Å². The van der Waals surface area contributed by atoms with Crippen LogP contribution in [0.5, 0.6) is 0 Å². The molecule has 0 amide bonds. The topological polar surface area (TPSA) is 51.8 Å². The fourth-order valence-electron chi connectivity index (χ4n) is 1.65. The van der Waals surface area contributed by atoms with Crippen molar-refractivity contribution in [3.05, 3.63) is 29.6 Å². The second kappa shape index (κ2) is 7.40. The molecule has 1 atom stereocenters. The minimum Gasteiger partial charge on any atom is -0.327 e. The standard InChI is InChI=1S/C13H16FN3S3/c1-3-10(15)7-8-6-9(14)4-5-11(8)19-13-17-16-12(18-2)20-13/h4-6,10H,3,7,15H2,1-2H3. The van der Waals surface area contributed by atoms with Gasteiger partial charge >= 0.3 is 0 Å². The summed E-state index contributed by atoms with van der Waals surface area (Å²) in [4.78, 5) is 0.999. The Labute approximate surface area is 130 Å². The maximum absolute atomic E-state index is 13.4. The summed E-state index contributed by atoms with van der Waals surface area (Å²) in [5, 5.41) is 8.20. The summed E-state index contributed by atoms with van der Waals surface area (Å²) >= 11 is 4.64. The number of hydrogen-bond acceptors (Lipinski definition) is 6. The van der Waals surface area contributed by atoms with Crippen LogP contribution in [-0.2, 0) is 6.42 Å². The first-order chi connectivity index (χ1) is 9.62. The molecule has 0 saturated carbocycles. The summed E-state index contributed by atoms with van der Waals surface area (Å²) in [6, 6.07) is 4.87. The predicted molar refractivity (Wildman–Crippen MR) is 84.2 cm³/mol. The number of nitrogens with two attached hydrogens (primary N) is 1. The van der Waals surface area contributed by atoms with E-state index in [1.807, 2.05) is 13.2 Å². The lowest BCUT2D eigenvalue weighted by Gasteiger charge is -2.12. The van der Waals surface area contributed by atoms with Crippen molar-refractivity contribution in [3.8, 4) is 0 Å². The van der Waals surface area contributed by atoms with Crippen LogP contribution in [0.4, 0.5) is 4.39 Å². The number of rotatable bonds is 6. The van der Waals surface area contributed by atoms with Gasteiger partial charge in [0.2, 0.25) is 0 Å². The Morgan fingerprint density at radius 1 is 1.35 bits per heavy atom. The molecular weight excluding hydrogens is 313 g/mol. The van der Waals surface area contributed by atoms with Crippen molar-refractivity contribution in [1.82, 2.24) is 10.2 Å². The molecule has 0 spiro atoms. The normalized spacial score (nSPS) is 12.6. The summed E-state index contributed by atoms with van der Waals surface area (Å²) in [7, 11) is 0. The minimum atomic E-state index is -0.227. The molecule has 2 aromatic rings. The zero-order valence-corrected chi connectivity index (χ0v) is 13.7. The number of aromatic nitrogens is 2. The van der Waals surface area contributed by atoms with Crippen LogP contribution in [0.15, 0.2) is 31.8 Å². The first-order valence-corrected chi connectivity index (χ1v) is 9.07. The molecule has 0 aliphatic heterocycles. The van der Waals surface area contributed by atoms with Gasteiger partial charge in [-0.15, -0.1) is 10.2 Å². The van der Waals surface area contributed by atoms with Crippen LogP contribution < -0.4 is 5.73 Å². The van der Waals surface area contributed by atoms with Gasteiger partial charge < -0.3 is 5.73 Å². The van der Waals surface area contributed by atoms with Crippen LogP contribution in [-0.4, -0.2) is 22.5 Å². The fourth-order valence-corrected chi connectivity index (χ4v) is 4.16. The third kappa shape index (κ3) is 4.18. The lowest BCUT2D eigenvalue weighted by molar-refractivity contribution is 0.609. The van der Waals surface area contributed by atoms with Crippen molar-refractivity contribution >= 4 is 34.9 Å². The summed E-state index contributed by atoms with van der Waals surface area (Å²) in [6.45, 7) is 2.03. The average molecular weight is 329 g/mol. The smallest absolute Gasteiger partial charge is 0.179 e. The van der Waals surface area contributed by atoms with Gasteiger partial charge in [-0.3, -0.25) is 0 Å². The maximum Gasteiger partial charge on any atom is 0.179 e. The molecule has 0 bridgehead atoms. The highest BCUT2D eigenvalue weighted by molar-refractivity contribution is 8.03. The van der Waals surface area contributed by atoms with E-state index in [-0.39, 0.29) is 11.9 Å². The molecule has 2 rings (SSSR count).